The number of hydrogen-bond donors (Lipinski definition) is 0. The fourth-order valence-electron chi connectivity index (χ4n) is 0.907. The molecule has 0 N–H and O–H groups in total. The van der Waals surface area contributed by atoms with Crippen LogP contribution in [0.3, 0.4) is 0 Å². The number of hydrogen-bond acceptors (Lipinski definition) is 6. The van der Waals surface area contributed by atoms with Crippen LogP contribution in [0.1, 0.15) is 5.89 Å². The van der Waals surface area contributed by atoms with Crippen molar-refractivity contribution in [3.8, 4) is 11.6 Å². The summed E-state index contributed by atoms with van der Waals surface area (Å²) in [5.74, 6) is 1.26. The van der Waals surface area contributed by atoms with E-state index in [9.17, 15) is 0 Å². The van der Waals surface area contributed by atoms with Gasteiger partial charge in [-0.1, -0.05) is 11.2 Å². The maximum absolute atomic E-state index is 4.93. The first kappa shape index (κ1) is 8.49. The van der Waals surface area contributed by atoms with Crippen molar-refractivity contribution in [1.82, 2.24) is 25.1 Å². The molecule has 0 aromatic carbocycles. The average Bonchev–Trinajstić information content (AvgIpc) is 2.68. The smallest absolute Gasteiger partial charge is 0.240 e. The predicted octanol–water partition coefficient (Wildman–Crippen LogP) is 0.650. The van der Waals surface area contributed by atoms with Gasteiger partial charge in [-0.05, 0) is 0 Å². The van der Waals surface area contributed by atoms with E-state index in [0.29, 0.717) is 24.0 Å². The summed E-state index contributed by atoms with van der Waals surface area (Å²) in [6.45, 7) is 3.57. The number of allylic oxidation sites excluding steroid dienone is 1. The van der Waals surface area contributed by atoms with Crippen molar-refractivity contribution in [3.05, 3.63) is 31.2 Å². The van der Waals surface area contributed by atoms with E-state index in [1.54, 1.807) is 6.08 Å². The Morgan fingerprint density at radius 3 is 2.79 bits per heavy atom. The Morgan fingerprint density at radius 1 is 1.29 bits per heavy atom. The Bertz CT molecular complexity index is 424. The molecule has 0 fully saturated rings. The van der Waals surface area contributed by atoms with E-state index in [2.05, 4.69) is 31.7 Å². The van der Waals surface area contributed by atoms with E-state index in [4.69, 9.17) is 4.52 Å². The van der Waals surface area contributed by atoms with Gasteiger partial charge in [0.25, 0.3) is 0 Å². The molecule has 0 radical (unpaired) electrons. The lowest BCUT2D eigenvalue weighted by Gasteiger charge is -1.87. The Balaban J connectivity index is 2.29. The van der Waals surface area contributed by atoms with Crippen LogP contribution in [0.15, 0.2) is 29.8 Å². The first-order chi connectivity index (χ1) is 6.90. The molecule has 0 saturated heterocycles. The molecule has 70 valence electrons. The summed E-state index contributed by atoms with van der Waals surface area (Å²) in [6.07, 6.45) is 4.99. The molecule has 0 saturated carbocycles. The fraction of sp³-hybridized carbons (Fsp3) is 0.125. The summed E-state index contributed by atoms with van der Waals surface area (Å²) < 4.78 is 4.93. The van der Waals surface area contributed by atoms with E-state index >= 15 is 0 Å². The Labute approximate surface area is 79.7 Å². The SMILES string of the molecule is C=CCc1nc(-c2ncncn2)no1. The number of aromatic nitrogens is 5. The maximum atomic E-state index is 4.93. The van der Waals surface area contributed by atoms with Crippen LogP contribution in [0.25, 0.3) is 11.6 Å². The molecule has 2 rings (SSSR count). The van der Waals surface area contributed by atoms with Crippen molar-refractivity contribution < 1.29 is 4.52 Å². The van der Waals surface area contributed by atoms with Gasteiger partial charge < -0.3 is 4.52 Å². The zero-order chi connectivity index (χ0) is 9.80. The van der Waals surface area contributed by atoms with Gasteiger partial charge in [0.05, 0.1) is 0 Å². The summed E-state index contributed by atoms with van der Waals surface area (Å²) in [5, 5.41) is 3.72. The molecular weight excluding hydrogens is 182 g/mol. The van der Waals surface area contributed by atoms with Gasteiger partial charge >= 0.3 is 0 Å². The lowest BCUT2D eigenvalue weighted by molar-refractivity contribution is 0.386. The van der Waals surface area contributed by atoms with Gasteiger partial charge in [-0.15, -0.1) is 6.58 Å². The van der Waals surface area contributed by atoms with E-state index in [1.807, 2.05) is 0 Å². The molecule has 2 heterocycles. The van der Waals surface area contributed by atoms with Crippen LogP contribution in [0, 0.1) is 0 Å². The van der Waals surface area contributed by atoms with Crippen molar-refractivity contribution in [2.45, 2.75) is 6.42 Å². The topological polar surface area (TPSA) is 77.6 Å². The van der Waals surface area contributed by atoms with Gasteiger partial charge in [-0.2, -0.15) is 4.98 Å². The largest absolute Gasteiger partial charge is 0.339 e. The maximum Gasteiger partial charge on any atom is 0.240 e. The zero-order valence-electron chi connectivity index (χ0n) is 7.29. The molecule has 14 heavy (non-hydrogen) atoms. The predicted molar refractivity (Wildman–Crippen MR) is 47.0 cm³/mol. The van der Waals surface area contributed by atoms with E-state index in [-0.39, 0.29) is 0 Å². The van der Waals surface area contributed by atoms with E-state index < -0.39 is 0 Å². The van der Waals surface area contributed by atoms with Crippen LogP contribution in [0.2, 0.25) is 0 Å². The Kier molecular flexibility index (Phi) is 2.26. The molecule has 0 aliphatic heterocycles. The Hall–Kier alpha value is -2.11. The fourth-order valence-corrected chi connectivity index (χ4v) is 0.907. The number of rotatable bonds is 3. The van der Waals surface area contributed by atoms with Crippen LogP contribution < -0.4 is 0 Å². The Morgan fingerprint density at radius 2 is 2.07 bits per heavy atom. The van der Waals surface area contributed by atoms with Gasteiger partial charge in [-0.25, -0.2) is 15.0 Å². The first-order valence-electron chi connectivity index (χ1n) is 3.96. The summed E-state index contributed by atoms with van der Waals surface area (Å²) in [4.78, 5) is 15.5. The molecule has 0 unspecified atom stereocenters. The van der Waals surface area contributed by atoms with Crippen molar-refractivity contribution in [3.63, 3.8) is 0 Å². The van der Waals surface area contributed by atoms with Crippen LogP contribution >= 0.6 is 0 Å². The number of nitrogens with zero attached hydrogens (tertiary/aromatic N) is 5. The molecule has 6 nitrogen and oxygen atoms in total. The van der Waals surface area contributed by atoms with Crippen LogP contribution in [-0.2, 0) is 6.42 Å². The lowest BCUT2D eigenvalue weighted by atomic mass is 10.4. The molecule has 0 spiro atoms. The van der Waals surface area contributed by atoms with Gasteiger partial charge in [-0.3, -0.25) is 0 Å². The van der Waals surface area contributed by atoms with Crippen LogP contribution in [0.4, 0.5) is 0 Å². The van der Waals surface area contributed by atoms with E-state index in [1.165, 1.54) is 12.7 Å². The summed E-state index contributed by atoms with van der Waals surface area (Å²) in [6, 6.07) is 0. The van der Waals surface area contributed by atoms with E-state index in [0.717, 1.165) is 0 Å². The molecule has 0 amide bonds. The molecule has 0 atom stereocenters. The third kappa shape index (κ3) is 1.63. The summed E-state index contributed by atoms with van der Waals surface area (Å²) in [5.41, 5.74) is 0. The second kappa shape index (κ2) is 3.73. The molecule has 6 heteroatoms. The van der Waals surface area contributed by atoms with Crippen molar-refractivity contribution in [2.75, 3.05) is 0 Å². The molecule has 2 aromatic heterocycles. The third-order valence-corrected chi connectivity index (χ3v) is 1.48. The minimum atomic E-state index is 0.365. The quantitative estimate of drug-likeness (QED) is 0.659. The summed E-state index contributed by atoms with van der Waals surface area (Å²) >= 11 is 0. The third-order valence-electron chi connectivity index (χ3n) is 1.48. The second-order valence-electron chi connectivity index (χ2n) is 2.47. The highest BCUT2D eigenvalue weighted by atomic mass is 16.5. The van der Waals surface area contributed by atoms with Gasteiger partial charge in [0.2, 0.25) is 17.5 Å². The zero-order valence-corrected chi connectivity index (χ0v) is 7.29. The first-order valence-corrected chi connectivity index (χ1v) is 3.96. The van der Waals surface area contributed by atoms with Crippen molar-refractivity contribution in [1.29, 1.82) is 0 Å². The molecular formula is C8H7N5O. The van der Waals surface area contributed by atoms with Crippen molar-refractivity contribution >= 4 is 0 Å². The minimum Gasteiger partial charge on any atom is -0.339 e. The monoisotopic (exact) mass is 189 g/mol. The van der Waals surface area contributed by atoms with Crippen LogP contribution in [-0.4, -0.2) is 25.1 Å². The highest BCUT2D eigenvalue weighted by Gasteiger charge is 2.08. The highest BCUT2D eigenvalue weighted by Crippen LogP contribution is 2.08. The molecule has 0 aliphatic rings. The standard InChI is InChI=1S/C8H7N5O/c1-2-3-6-12-8(13-14-6)7-10-4-9-5-11-7/h2,4-5H,1,3H2. The lowest BCUT2D eigenvalue weighted by Crippen LogP contribution is -1.90. The normalized spacial score (nSPS) is 10.0. The summed E-state index contributed by atoms with van der Waals surface area (Å²) in [7, 11) is 0. The van der Waals surface area contributed by atoms with Crippen LogP contribution in [0.5, 0.6) is 0 Å². The van der Waals surface area contributed by atoms with Crippen molar-refractivity contribution in [2.24, 2.45) is 0 Å². The molecule has 2 aromatic rings. The molecule has 0 bridgehead atoms. The van der Waals surface area contributed by atoms with Gasteiger partial charge in [0.15, 0.2) is 0 Å². The average molecular weight is 189 g/mol. The highest BCUT2D eigenvalue weighted by molar-refractivity contribution is 5.39. The van der Waals surface area contributed by atoms with Gasteiger partial charge in [0, 0.05) is 6.42 Å². The minimum absolute atomic E-state index is 0.365. The van der Waals surface area contributed by atoms with Gasteiger partial charge in [0.1, 0.15) is 12.7 Å². The second-order valence-corrected chi connectivity index (χ2v) is 2.47. The molecule has 0 aliphatic carbocycles.